The van der Waals surface area contributed by atoms with Gasteiger partial charge in [-0.3, -0.25) is 4.79 Å². The second kappa shape index (κ2) is 7.50. The average molecular weight is 299 g/mol. The molecule has 4 nitrogen and oxygen atoms in total. The van der Waals surface area contributed by atoms with E-state index < -0.39 is 0 Å². The van der Waals surface area contributed by atoms with Crippen LogP contribution in [0.4, 0.5) is 0 Å². The summed E-state index contributed by atoms with van der Waals surface area (Å²) in [5, 5.41) is 2.83. The van der Waals surface area contributed by atoms with Gasteiger partial charge in [0.25, 0.3) is 5.91 Å². The molecular weight excluding hydrogens is 278 g/mol. The van der Waals surface area contributed by atoms with Crippen LogP contribution in [0.25, 0.3) is 0 Å². The number of aryl methyl sites for hydroxylation is 2. The number of rotatable bonds is 6. The lowest BCUT2D eigenvalue weighted by molar-refractivity contribution is -0.123. The van der Waals surface area contributed by atoms with E-state index in [4.69, 9.17) is 9.47 Å². The summed E-state index contributed by atoms with van der Waals surface area (Å²) in [5.41, 5.74) is 3.06. The smallest absolute Gasteiger partial charge is 0.258 e. The van der Waals surface area contributed by atoms with Gasteiger partial charge in [-0.25, -0.2) is 0 Å². The van der Waals surface area contributed by atoms with Gasteiger partial charge >= 0.3 is 0 Å². The highest BCUT2D eigenvalue weighted by Crippen LogP contribution is 2.19. The number of methoxy groups -OCH3 is 1. The molecule has 0 fully saturated rings. The molecule has 2 rings (SSSR count). The zero-order valence-electron chi connectivity index (χ0n) is 13.2. The van der Waals surface area contributed by atoms with Crippen LogP contribution in [-0.4, -0.2) is 19.6 Å². The number of hydrogen-bond acceptors (Lipinski definition) is 3. The monoisotopic (exact) mass is 299 g/mol. The number of para-hydroxylation sites is 1. The van der Waals surface area contributed by atoms with E-state index in [0.29, 0.717) is 6.54 Å². The molecule has 0 aliphatic rings. The molecule has 1 N–H and O–H groups in total. The minimum absolute atomic E-state index is 0.000553. The van der Waals surface area contributed by atoms with Crippen molar-refractivity contribution in [2.75, 3.05) is 13.7 Å². The first-order valence-electron chi connectivity index (χ1n) is 7.19. The van der Waals surface area contributed by atoms with Crippen molar-refractivity contribution in [3.05, 3.63) is 59.2 Å². The zero-order chi connectivity index (χ0) is 15.9. The summed E-state index contributed by atoms with van der Waals surface area (Å²) >= 11 is 0. The van der Waals surface area contributed by atoms with Crippen LogP contribution < -0.4 is 14.8 Å². The molecule has 116 valence electrons. The normalized spacial score (nSPS) is 10.1. The highest BCUT2D eigenvalue weighted by molar-refractivity contribution is 5.77. The van der Waals surface area contributed by atoms with Crippen LogP contribution in [-0.2, 0) is 11.3 Å². The summed E-state index contributed by atoms with van der Waals surface area (Å²) in [6, 6.07) is 13.5. The molecule has 2 aromatic rings. The Bertz CT molecular complexity index is 653. The van der Waals surface area contributed by atoms with Gasteiger partial charge in [0.05, 0.1) is 7.11 Å². The van der Waals surface area contributed by atoms with Crippen molar-refractivity contribution in [3.8, 4) is 11.5 Å². The Morgan fingerprint density at radius 3 is 2.64 bits per heavy atom. The van der Waals surface area contributed by atoms with Gasteiger partial charge in [0.1, 0.15) is 11.5 Å². The quantitative estimate of drug-likeness (QED) is 0.892. The molecule has 2 aromatic carbocycles. The van der Waals surface area contributed by atoms with Gasteiger partial charge in [-0.15, -0.1) is 0 Å². The molecule has 0 saturated carbocycles. The third-order valence-corrected chi connectivity index (χ3v) is 3.37. The molecule has 0 spiro atoms. The predicted molar refractivity (Wildman–Crippen MR) is 86.3 cm³/mol. The fourth-order valence-corrected chi connectivity index (χ4v) is 2.10. The van der Waals surface area contributed by atoms with Gasteiger partial charge in [0, 0.05) is 12.1 Å². The van der Waals surface area contributed by atoms with E-state index >= 15 is 0 Å². The maximum atomic E-state index is 11.9. The Balaban J connectivity index is 1.87. The summed E-state index contributed by atoms with van der Waals surface area (Å²) in [5.74, 6) is 1.34. The van der Waals surface area contributed by atoms with Crippen molar-refractivity contribution in [1.29, 1.82) is 0 Å². The van der Waals surface area contributed by atoms with Gasteiger partial charge in [0.15, 0.2) is 6.61 Å². The largest absolute Gasteiger partial charge is 0.496 e. The molecular formula is C18H21NO3. The van der Waals surface area contributed by atoms with E-state index in [2.05, 4.69) is 5.32 Å². The highest BCUT2D eigenvalue weighted by Gasteiger charge is 2.07. The van der Waals surface area contributed by atoms with E-state index in [-0.39, 0.29) is 12.5 Å². The second-order valence-corrected chi connectivity index (χ2v) is 5.15. The third-order valence-electron chi connectivity index (χ3n) is 3.37. The Kier molecular flexibility index (Phi) is 5.42. The van der Waals surface area contributed by atoms with Crippen molar-refractivity contribution < 1.29 is 14.3 Å². The summed E-state index contributed by atoms with van der Waals surface area (Å²) in [4.78, 5) is 11.9. The standard InChI is InChI=1S/C18H21NO3/c1-13-8-9-14(2)17(10-13)22-12-18(20)19-11-15-6-4-5-7-16(15)21-3/h4-10H,11-12H2,1-3H3,(H,19,20). The molecule has 0 radical (unpaired) electrons. The minimum atomic E-state index is -0.160. The molecule has 0 atom stereocenters. The van der Waals surface area contributed by atoms with Crippen molar-refractivity contribution in [2.24, 2.45) is 0 Å². The molecule has 0 bridgehead atoms. The number of carbonyl (C=O) groups excluding carboxylic acids is 1. The SMILES string of the molecule is COc1ccccc1CNC(=O)COc1cc(C)ccc1C. The lowest BCUT2D eigenvalue weighted by Crippen LogP contribution is -2.28. The first-order chi connectivity index (χ1) is 10.6. The van der Waals surface area contributed by atoms with Gasteiger partial charge in [-0.1, -0.05) is 30.3 Å². The summed E-state index contributed by atoms with van der Waals surface area (Å²) in [7, 11) is 1.62. The Labute approximate surface area is 131 Å². The van der Waals surface area contributed by atoms with Gasteiger partial charge < -0.3 is 14.8 Å². The number of benzene rings is 2. The fraction of sp³-hybridized carbons (Fsp3) is 0.278. The van der Waals surface area contributed by atoms with E-state index in [1.54, 1.807) is 7.11 Å². The van der Waals surface area contributed by atoms with Crippen molar-refractivity contribution in [3.63, 3.8) is 0 Å². The van der Waals surface area contributed by atoms with Gasteiger partial charge in [0.2, 0.25) is 0 Å². The van der Waals surface area contributed by atoms with Crippen LogP contribution >= 0.6 is 0 Å². The second-order valence-electron chi connectivity index (χ2n) is 5.15. The molecule has 0 saturated heterocycles. The fourth-order valence-electron chi connectivity index (χ4n) is 2.10. The van der Waals surface area contributed by atoms with Crippen LogP contribution in [0.1, 0.15) is 16.7 Å². The minimum Gasteiger partial charge on any atom is -0.496 e. The first-order valence-corrected chi connectivity index (χ1v) is 7.19. The Morgan fingerprint density at radius 1 is 1.09 bits per heavy atom. The molecule has 0 unspecified atom stereocenters. The predicted octanol–water partition coefficient (Wildman–Crippen LogP) is 3.01. The maximum absolute atomic E-state index is 11.9. The van der Waals surface area contributed by atoms with Crippen molar-refractivity contribution in [2.45, 2.75) is 20.4 Å². The first kappa shape index (κ1) is 15.9. The number of carbonyl (C=O) groups is 1. The van der Waals surface area contributed by atoms with Crippen LogP contribution in [0, 0.1) is 13.8 Å². The van der Waals surface area contributed by atoms with Crippen LogP contribution in [0.2, 0.25) is 0 Å². The molecule has 0 aromatic heterocycles. The lowest BCUT2D eigenvalue weighted by atomic mass is 10.1. The lowest BCUT2D eigenvalue weighted by Gasteiger charge is -2.11. The zero-order valence-corrected chi connectivity index (χ0v) is 13.2. The average Bonchev–Trinajstić information content (AvgIpc) is 2.54. The van der Waals surface area contributed by atoms with E-state index in [1.807, 2.05) is 56.3 Å². The van der Waals surface area contributed by atoms with E-state index in [1.165, 1.54) is 0 Å². The Hall–Kier alpha value is -2.49. The summed E-state index contributed by atoms with van der Waals surface area (Å²) < 4.78 is 10.8. The number of hydrogen-bond donors (Lipinski definition) is 1. The molecule has 0 aliphatic heterocycles. The number of amides is 1. The van der Waals surface area contributed by atoms with Crippen LogP contribution in [0.15, 0.2) is 42.5 Å². The number of nitrogens with one attached hydrogen (secondary N) is 1. The van der Waals surface area contributed by atoms with Crippen LogP contribution in [0.5, 0.6) is 11.5 Å². The number of ether oxygens (including phenoxy) is 2. The van der Waals surface area contributed by atoms with Gasteiger partial charge in [-0.2, -0.15) is 0 Å². The molecule has 1 amide bonds. The topological polar surface area (TPSA) is 47.6 Å². The van der Waals surface area contributed by atoms with E-state index in [9.17, 15) is 4.79 Å². The van der Waals surface area contributed by atoms with Crippen molar-refractivity contribution in [1.82, 2.24) is 5.32 Å². The van der Waals surface area contributed by atoms with E-state index in [0.717, 1.165) is 28.2 Å². The van der Waals surface area contributed by atoms with Crippen LogP contribution in [0.3, 0.4) is 0 Å². The molecule has 0 aliphatic carbocycles. The molecule has 0 heterocycles. The molecule has 4 heteroatoms. The highest BCUT2D eigenvalue weighted by atomic mass is 16.5. The molecule has 22 heavy (non-hydrogen) atoms. The summed E-state index contributed by atoms with van der Waals surface area (Å²) in [6.45, 7) is 4.37. The summed E-state index contributed by atoms with van der Waals surface area (Å²) in [6.07, 6.45) is 0. The van der Waals surface area contributed by atoms with Crippen molar-refractivity contribution >= 4 is 5.91 Å². The third kappa shape index (κ3) is 4.25. The Morgan fingerprint density at radius 2 is 1.86 bits per heavy atom. The maximum Gasteiger partial charge on any atom is 0.258 e. The van der Waals surface area contributed by atoms with Gasteiger partial charge in [-0.05, 0) is 37.1 Å².